The minimum absolute atomic E-state index is 0.0391. The largest absolute Gasteiger partial charge is 0.480 e. The normalized spacial score (nSPS) is 19.4. The number of nitrogens with one attached hydrogen (secondary N) is 4. The van der Waals surface area contributed by atoms with Gasteiger partial charge >= 0.3 is 6.09 Å². The second-order valence-electron chi connectivity index (χ2n) is 17.3. The lowest BCUT2D eigenvalue weighted by Gasteiger charge is -2.30. The summed E-state index contributed by atoms with van der Waals surface area (Å²) in [5.41, 5.74) is 14.6. The third-order valence-electron chi connectivity index (χ3n) is 12.7. The number of halogens is 1. The fraction of sp³-hybridized carbons (Fsp3) is 0.383. The van der Waals surface area contributed by atoms with E-state index in [1.165, 1.54) is 7.11 Å². The third kappa shape index (κ3) is 7.48. The summed E-state index contributed by atoms with van der Waals surface area (Å²) in [6.45, 7) is 8.98. The molecule has 3 aliphatic rings. The van der Waals surface area contributed by atoms with Gasteiger partial charge in [-0.25, -0.2) is 14.8 Å². The van der Waals surface area contributed by atoms with Crippen molar-refractivity contribution in [3.8, 4) is 39.5 Å². The van der Waals surface area contributed by atoms with E-state index >= 15 is 0 Å². The van der Waals surface area contributed by atoms with Crippen LogP contribution >= 0.6 is 11.6 Å². The fourth-order valence-electron chi connectivity index (χ4n) is 9.21. The van der Waals surface area contributed by atoms with Gasteiger partial charge in [-0.3, -0.25) is 9.59 Å². The highest BCUT2D eigenvalue weighted by atomic mass is 35.5. The number of carbonyl (C=O) groups is 3. The molecule has 6 heterocycles. The lowest BCUT2D eigenvalue weighted by Crippen LogP contribution is -2.51. The molecule has 62 heavy (non-hydrogen) atoms. The zero-order valence-electron chi connectivity index (χ0n) is 35.5. The van der Waals surface area contributed by atoms with Crippen LogP contribution in [0.2, 0.25) is 5.02 Å². The Balaban J connectivity index is 1.03. The summed E-state index contributed by atoms with van der Waals surface area (Å²) in [7, 11) is 1.29. The highest BCUT2D eigenvalue weighted by Crippen LogP contribution is 2.49. The number of aromatic nitrogens is 5. The van der Waals surface area contributed by atoms with E-state index < -0.39 is 24.3 Å². The van der Waals surface area contributed by atoms with E-state index in [1.807, 2.05) is 80.2 Å². The SMILES string of the molecule is COC(=O)NC(C(=O)N1CCC[C@H]1c1ncc(-c2ccc3[nH]c4c(c3c2)C(c2ccc(Cl)cc2)Oc2cc(-c3cnc(C5CCCN5C(=O)[C@@H](N)C(C)C)[nH]3)ccc2-4)[nH]1)C(C)C. The number of nitrogens with zero attached hydrogens (tertiary/aromatic N) is 4. The van der Waals surface area contributed by atoms with Gasteiger partial charge in [0.05, 0.1) is 54.7 Å². The topological polar surface area (TPSA) is 187 Å². The summed E-state index contributed by atoms with van der Waals surface area (Å²) in [4.78, 5) is 63.2. The molecule has 15 heteroatoms. The summed E-state index contributed by atoms with van der Waals surface area (Å²) in [6, 6.07) is 18.5. The monoisotopic (exact) mass is 857 g/mol. The Labute approximate surface area is 364 Å². The lowest BCUT2D eigenvalue weighted by atomic mass is 9.91. The van der Waals surface area contributed by atoms with Crippen LogP contribution in [0, 0.1) is 11.8 Å². The number of hydrogen-bond acceptors (Lipinski definition) is 8. The number of rotatable bonds is 10. The number of aromatic amines is 3. The first-order valence-electron chi connectivity index (χ1n) is 21.4. The average Bonchev–Trinajstić information content (AvgIpc) is 4.13. The van der Waals surface area contributed by atoms with E-state index in [4.69, 9.17) is 36.8 Å². The predicted octanol–water partition coefficient (Wildman–Crippen LogP) is 8.44. The number of hydrogen-bond donors (Lipinski definition) is 5. The predicted molar refractivity (Wildman–Crippen MR) is 237 cm³/mol. The van der Waals surface area contributed by atoms with Crippen LogP contribution in [-0.4, -0.2) is 84.9 Å². The molecule has 0 radical (unpaired) electrons. The Morgan fingerprint density at radius 3 is 2.05 bits per heavy atom. The quantitative estimate of drug-likeness (QED) is 0.0908. The number of H-pyrrole nitrogens is 3. The Bertz CT molecular complexity index is 2650. The second kappa shape index (κ2) is 16.6. The molecule has 0 spiro atoms. The van der Waals surface area contributed by atoms with Crippen molar-refractivity contribution in [3.05, 3.63) is 101 Å². The number of likely N-dealkylation sites (tertiary alicyclic amines) is 2. The van der Waals surface area contributed by atoms with Crippen LogP contribution in [0.1, 0.15) is 94.3 Å². The number of amides is 3. The van der Waals surface area contributed by atoms with Crippen LogP contribution in [0.3, 0.4) is 0 Å². The van der Waals surface area contributed by atoms with Crippen LogP contribution < -0.4 is 15.8 Å². The van der Waals surface area contributed by atoms with Crippen LogP contribution in [0.4, 0.5) is 4.79 Å². The lowest BCUT2D eigenvalue weighted by molar-refractivity contribution is -0.136. The molecule has 3 aromatic heterocycles. The second-order valence-corrected chi connectivity index (χ2v) is 17.7. The summed E-state index contributed by atoms with van der Waals surface area (Å²) >= 11 is 6.38. The molecule has 3 amide bonds. The molecule has 2 fully saturated rings. The van der Waals surface area contributed by atoms with Crippen molar-refractivity contribution in [2.75, 3.05) is 20.2 Å². The number of nitrogens with two attached hydrogens (primary N) is 1. The zero-order chi connectivity index (χ0) is 43.4. The van der Waals surface area contributed by atoms with E-state index in [0.717, 1.165) is 87.3 Å². The van der Waals surface area contributed by atoms with E-state index in [1.54, 1.807) is 0 Å². The smallest absolute Gasteiger partial charge is 0.407 e. The van der Waals surface area contributed by atoms with Crippen molar-refractivity contribution in [2.24, 2.45) is 17.6 Å². The number of alkyl carbamates (subject to hydrolysis) is 1. The van der Waals surface area contributed by atoms with E-state index in [9.17, 15) is 14.4 Å². The number of imidazole rings is 2. The molecule has 5 atom stereocenters. The first kappa shape index (κ1) is 41.2. The minimum Gasteiger partial charge on any atom is -0.480 e. The minimum atomic E-state index is -0.716. The zero-order valence-corrected chi connectivity index (χ0v) is 36.3. The van der Waals surface area contributed by atoms with Crippen molar-refractivity contribution in [3.63, 3.8) is 0 Å². The van der Waals surface area contributed by atoms with Gasteiger partial charge in [-0.2, -0.15) is 0 Å². The van der Waals surface area contributed by atoms with Crippen LogP contribution in [-0.2, 0) is 14.3 Å². The molecule has 3 unspecified atom stereocenters. The third-order valence-corrected chi connectivity index (χ3v) is 12.9. The van der Waals surface area contributed by atoms with E-state index in [-0.39, 0.29) is 35.7 Å². The Kier molecular flexibility index (Phi) is 11.1. The fourth-order valence-corrected chi connectivity index (χ4v) is 9.33. The molecule has 14 nitrogen and oxygen atoms in total. The summed E-state index contributed by atoms with van der Waals surface area (Å²) in [5, 5.41) is 4.35. The molecule has 2 saturated heterocycles. The van der Waals surface area contributed by atoms with Gasteiger partial charge in [-0.1, -0.05) is 63.6 Å². The van der Waals surface area contributed by atoms with Gasteiger partial charge in [0, 0.05) is 51.3 Å². The van der Waals surface area contributed by atoms with Gasteiger partial charge in [0.1, 0.15) is 23.4 Å². The number of carbonyl (C=O) groups excluding carboxylic acids is 3. The number of fused-ring (bicyclic) bond motifs is 5. The molecule has 3 aromatic carbocycles. The Morgan fingerprint density at radius 2 is 1.44 bits per heavy atom. The molecular formula is C47H52ClN9O5. The maximum Gasteiger partial charge on any atom is 0.407 e. The molecule has 6 N–H and O–H groups in total. The van der Waals surface area contributed by atoms with Crippen LogP contribution in [0.15, 0.2) is 73.1 Å². The first-order chi connectivity index (χ1) is 29.9. The highest BCUT2D eigenvalue weighted by molar-refractivity contribution is 6.30. The van der Waals surface area contributed by atoms with Gasteiger partial charge in [0.2, 0.25) is 11.8 Å². The van der Waals surface area contributed by atoms with Crippen molar-refractivity contribution in [2.45, 2.75) is 83.6 Å². The molecule has 0 bridgehead atoms. The van der Waals surface area contributed by atoms with E-state index in [0.29, 0.717) is 29.7 Å². The average molecular weight is 858 g/mol. The highest BCUT2D eigenvalue weighted by Gasteiger charge is 2.39. The van der Waals surface area contributed by atoms with Crippen molar-refractivity contribution >= 4 is 40.4 Å². The number of benzene rings is 3. The number of methoxy groups -OCH3 is 1. The summed E-state index contributed by atoms with van der Waals surface area (Å²) in [5.74, 6) is 1.89. The molecule has 6 aromatic rings. The standard InChI is InChI=1S/C47H52ClN9O5/c1-24(2)39(49)45(58)56-18-6-8-35(56)43-51-23-34(54-43)28-12-16-30-37(21-28)62-42(26-10-14-29(48)15-11-26)38-31-20-27(13-17-32(31)52-41(30)38)33-22-50-44(53-33)36-9-7-19-57(36)46(59)40(25(3)4)55-47(60)61-5/h10-17,20-25,35-36,39-40,42,52H,6-9,18-19,49H2,1-5H3,(H,50,53)(H,51,54)(H,55,60)/t35?,36-,39-,40?,42?/m0/s1. The van der Waals surface area contributed by atoms with Gasteiger partial charge in [-0.15, -0.1) is 0 Å². The molecule has 322 valence electrons. The van der Waals surface area contributed by atoms with Gasteiger partial charge < -0.3 is 45.3 Å². The van der Waals surface area contributed by atoms with Gasteiger partial charge in [0.25, 0.3) is 0 Å². The molecule has 0 saturated carbocycles. The maximum atomic E-state index is 13.8. The Morgan fingerprint density at radius 1 is 0.823 bits per heavy atom. The van der Waals surface area contributed by atoms with Crippen molar-refractivity contribution in [1.82, 2.24) is 40.0 Å². The van der Waals surface area contributed by atoms with E-state index in [2.05, 4.69) is 50.6 Å². The first-order valence-corrected chi connectivity index (χ1v) is 21.8. The van der Waals surface area contributed by atoms with Gasteiger partial charge in [-0.05, 0) is 79.5 Å². The van der Waals surface area contributed by atoms with Crippen molar-refractivity contribution in [1.29, 1.82) is 0 Å². The molecule has 9 rings (SSSR count). The number of ether oxygens (including phenoxy) is 2. The maximum absolute atomic E-state index is 13.8. The molecule has 3 aliphatic heterocycles. The molecular weight excluding hydrogens is 806 g/mol. The van der Waals surface area contributed by atoms with Crippen LogP contribution in [0.25, 0.3) is 44.7 Å². The molecule has 0 aliphatic carbocycles. The van der Waals surface area contributed by atoms with Crippen LogP contribution in [0.5, 0.6) is 5.75 Å². The Hall–Kier alpha value is -6.12. The summed E-state index contributed by atoms with van der Waals surface area (Å²) < 4.78 is 11.8. The summed E-state index contributed by atoms with van der Waals surface area (Å²) in [6.07, 6.45) is 5.84. The van der Waals surface area contributed by atoms with Crippen molar-refractivity contribution < 1.29 is 23.9 Å². The van der Waals surface area contributed by atoms with Gasteiger partial charge in [0.15, 0.2) is 6.10 Å².